The first kappa shape index (κ1) is 22.7. The molecule has 0 aromatic heterocycles. The van der Waals surface area contributed by atoms with Crippen LogP contribution in [0.5, 0.6) is 17.2 Å². The molecule has 31 heavy (non-hydrogen) atoms. The van der Waals surface area contributed by atoms with Gasteiger partial charge in [0.25, 0.3) is 0 Å². The number of hydrogen-bond donors (Lipinski definition) is 1. The standard InChI is InChI=1S/C24H21BrClNO4/c1-29-21-12-11-19(14-20(21)26)27-23(28)13-8-17-4-3-5-22(30-2)24(17)31-15-16-6-9-18(25)10-7-16/h3-14H,15H2,1-2H3,(H,27,28)/b13-8+. The number of benzene rings is 3. The van der Waals surface area contributed by atoms with E-state index in [1.807, 2.05) is 42.5 Å². The van der Waals surface area contributed by atoms with Crippen molar-refractivity contribution in [2.45, 2.75) is 6.61 Å². The Kier molecular flexibility index (Phi) is 7.98. The van der Waals surface area contributed by atoms with Crippen molar-refractivity contribution in [3.05, 3.63) is 87.4 Å². The number of hydrogen-bond acceptors (Lipinski definition) is 4. The molecule has 0 aliphatic carbocycles. The molecule has 0 bridgehead atoms. The Hall–Kier alpha value is -2.96. The molecule has 3 aromatic carbocycles. The molecule has 0 unspecified atom stereocenters. The van der Waals surface area contributed by atoms with E-state index in [1.165, 1.54) is 13.2 Å². The van der Waals surface area contributed by atoms with Gasteiger partial charge >= 0.3 is 0 Å². The van der Waals surface area contributed by atoms with Crippen molar-refractivity contribution in [1.82, 2.24) is 0 Å². The van der Waals surface area contributed by atoms with Crippen molar-refractivity contribution in [3.63, 3.8) is 0 Å². The van der Waals surface area contributed by atoms with E-state index in [-0.39, 0.29) is 5.91 Å². The monoisotopic (exact) mass is 501 g/mol. The summed E-state index contributed by atoms with van der Waals surface area (Å²) in [6.45, 7) is 0.366. The number of methoxy groups -OCH3 is 2. The fourth-order valence-electron chi connectivity index (χ4n) is 2.81. The molecule has 0 aliphatic rings. The summed E-state index contributed by atoms with van der Waals surface area (Å²) in [5, 5.41) is 3.19. The Balaban J connectivity index is 1.73. The van der Waals surface area contributed by atoms with Crippen LogP contribution >= 0.6 is 27.5 Å². The minimum atomic E-state index is -0.303. The molecule has 1 amide bonds. The van der Waals surface area contributed by atoms with Gasteiger partial charge in [-0.1, -0.05) is 51.8 Å². The second kappa shape index (κ2) is 10.9. The normalized spacial score (nSPS) is 10.7. The highest BCUT2D eigenvalue weighted by molar-refractivity contribution is 9.10. The van der Waals surface area contributed by atoms with Crippen LogP contribution in [0.2, 0.25) is 5.02 Å². The van der Waals surface area contributed by atoms with E-state index in [1.54, 1.807) is 31.4 Å². The van der Waals surface area contributed by atoms with E-state index in [4.69, 9.17) is 25.8 Å². The Morgan fingerprint density at radius 1 is 1.03 bits per heavy atom. The molecule has 0 fully saturated rings. The number of rotatable bonds is 8. The Morgan fingerprint density at radius 3 is 2.45 bits per heavy atom. The molecule has 1 N–H and O–H groups in total. The highest BCUT2D eigenvalue weighted by Crippen LogP contribution is 2.33. The molecule has 0 radical (unpaired) electrons. The van der Waals surface area contributed by atoms with E-state index < -0.39 is 0 Å². The van der Waals surface area contributed by atoms with Crippen molar-refractivity contribution < 1.29 is 19.0 Å². The van der Waals surface area contributed by atoms with Gasteiger partial charge in [0.05, 0.1) is 19.2 Å². The molecule has 7 heteroatoms. The molecule has 0 atom stereocenters. The second-order valence-electron chi connectivity index (χ2n) is 6.47. The molecule has 0 saturated heterocycles. The third kappa shape index (κ3) is 6.26. The number of carbonyl (C=O) groups is 1. The zero-order valence-corrected chi connectivity index (χ0v) is 19.4. The van der Waals surface area contributed by atoms with Gasteiger partial charge in [-0.3, -0.25) is 4.79 Å². The summed E-state index contributed by atoms with van der Waals surface area (Å²) in [4.78, 5) is 12.4. The quantitative estimate of drug-likeness (QED) is 0.365. The highest BCUT2D eigenvalue weighted by atomic mass is 79.9. The van der Waals surface area contributed by atoms with Crippen LogP contribution in [0.15, 0.2) is 71.2 Å². The number of anilines is 1. The van der Waals surface area contributed by atoms with Gasteiger partial charge in [0.15, 0.2) is 11.5 Å². The van der Waals surface area contributed by atoms with Gasteiger partial charge in [-0.15, -0.1) is 0 Å². The van der Waals surface area contributed by atoms with E-state index in [2.05, 4.69) is 21.2 Å². The molecule has 0 saturated carbocycles. The second-order valence-corrected chi connectivity index (χ2v) is 7.79. The number of halogens is 2. The molecular weight excluding hydrogens is 482 g/mol. The summed E-state index contributed by atoms with van der Waals surface area (Å²) in [5.74, 6) is 1.38. The van der Waals surface area contributed by atoms with E-state index in [0.717, 1.165) is 15.6 Å². The average Bonchev–Trinajstić information content (AvgIpc) is 2.77. The zero-order chi connectivity index (χ0) is 22.2. The first-order valence-corrected chi connectivity index (χ1v) is 10.5. The number of para-hydroxylation sites is 1. The largest absolute Gasteiger partial charge is 0.495 e. The maximum absolute atomic E-state index is 12.4. The molecule has 0 spiro atoms. The van der Waals surface area contributed by atoms with Crippen LogP contribution in [0, 0.1) is 0 Å². The van der Waals surface area contributed by atoms with Crippen LogP contribution in [0.4, 0.5) is 5.69 Å². The lowest BCUT2D eigenvalue weighted by Crippen LogP contribution is -2.07. The van der Waals surface area contributed by atoms with Crippen molar-refractivity contribution in [2.75, 3.05) is 19.5 Å². The van der Waals surface area contributed by atoms with Crippen LogP contribution in [0.25, 0.3) is 6.08 Å². The number of amides is 1. The number of ether oxygens (including phenoxy) is 3. The summed E-state index contributed by atoms with van der Waals surface area (Å²) in [7, 11) is 3.11. The third-order valence-electron chi connectivity index (χ3n) is 4.36. The van der Waals surface area contributed by atoms with Crippen LogP contribution in [-0.2, 0) is 11.4 Å². The Bertz CT molecular complexity index is 1080. The summed E-state index contributed by atoms with van der Waals surface area (Å²) in [5.41, 5.74) is 2.30. The maximum Gasteiger partial charge on any atom is 0.248 e. The van der Waals surface area contributed by atoms with Crippen molar-refractivity contribution in [3.8, 4) is 17.2 Å². The number of carbonyl (C=O) groups excluding carboxylic acids is 1. The number of nitrogens with one attached hydrogen (secondary N) is 1. The van der Waals surface area contributed by atoms with E-state index in [9.17, 15) is 4.79 Å². The average molecular weight is 503 g/mol. The third-order valence-corrected chi connectivity index (χ3v) is 5.18. The van der Waals surface area contributed by atoms with Gasteiger partial charge in [-0.25, -0.2) is 0 Å². The minimum Gasteiger partial charge on any atom is -0.495 e. The lowest BCUT2D eigenvalue weighted by molar-refractivity contribution is -0.111. The van der Waals surface area contributed by atoms with Gasteiger partial charge in [0.1, 0.15) is 12.4 Å². The topological polar surface area (TPSA) is 56.8 Å². The fourth-order valence-corrected chi connectivity index (χ4v) is 3.33. The first-order chi connectivity index (χ1) is 15.0. The smallest absolute Gasteiger partial charge is 0.248 e. The van der Waals surface area contributed by atoms with Crippen molar-refractivity contribution in [1.29, 1.82) is 0 Å². The highest BCUT2D eigenvalue weighted by Gasteiger charge is 2.10. The van der Waals surface area contributed by atoms with Crippen LogP contribution in [0.3, 0.4) is 0 Å². The van der Waals surface area contributed by atoms with Gasteiger partial charge < -0.3 is 19.5 Å². The summed E-state index contributed by atoms with van der Waals surface area (Å²) in [6, 6.07) is 18.4. The Labute approximate surface area is 194 Å². The fraction of sp³-hybridized carbons (Fsp3) is 0.125. The van der Waals surface area contributed by atoms with Crippen LogP contribution in [-0.4, -0.2) is 20.1 Å². The summed E-state index contributed by atoms with van der Waals surface area (Å²) in [6.07, 6.45) is 3.11. The molecule has 5 nitrogen and oxygen atoms in total. The van der Waals surface area contributed by atoms with Gasteiger partial charge in [0, 0.05) is 21.8 Å². The van der Waals surface area contributed by atoms with Crippen LogP contribution < -0.4 is 19.5 Å². The van der Waals surface area contributed by atoms with Gasteiger partial charge in [0.2, 0.25) is 5.91 Å². The SMILES string of the molecule is COc1ccc(NC(=O)/C=C/c2cccc(OC)c2OCc2ccc(Br)cc2)cc1Cl. The predicted octanol–water partition coefficient (Wildman–Crippen LogP) is 6.35. The van der Waals surface area contributed by atoms with Crippen LogP contribution in [0.1, 0.15) is 11.1 Å². The first-order valence-electron chi connectivity index (χ1n) is 9.37. The summed E-state index contributed by atoms with van der Waals surface area (Å²) >= 11 is 9.53. The van der Waals surface area contributed by atoms with Crippen molar-refractivity contribution in [2.24, 2.45) is 0 Å². The van der Waals surface area contributed by atoms with Gasteiger partial charge in [-0.05, 0) is 48.0 Å². The molecule has 0 aliphatic heterocycles. The maximum atomic E-state index is 12.4. The minimum absolute atomic E-state index is 0.303. The predicted molar refractivity (Wildman–Crippen MR) is 127 cm³/mol. The molecule has 3 aromatic rings. The molecule has 0 heterocycles. The van der Waals surface area contributed by atoms with E-state index >= 15 is 0 Å². The lowest BCUT2D eigenvalue weighted by atomic mass is 10.1. The Morgan fingerprint density at radius 2 is 1.77 bits per heavy atom. The van der Waals surface area contributed by atoms with Gasteiger partial charge in [-0.2, -0.15) is 0 Å². The molecule has 3 rings (SSSR count). The lowest BCUT2D eigenvalue weighted by Gasteiger charge is -2.13. The van der Waals surface area contributed by atoms with Crippen molar-refractivity contribution >= 4 is 45.2 Å². The zero-order valence-electron chi connectivity index (χ0n) is 17.0. The molecular formula is C24H21BrClNO4. The van der Waals surface area contributed by atoms with E-state index in [0.29, 0.717) is 34.6 Å². The molecule has 160 valence electrons. The summed E-state index contributed by atoms with van der Waals surface area (Å²) < 4.78 is 17.6.